The average molecular weight is 454 g/mol. The van der Waals surface area contributed by atoms with E-state index < -0.39 is 30.0 Å². The molecule has 4 N–H and O–H groups in total. The van der Waals surface area contributed by atoms with Crippen molar-refractivity contribution in [1.82, 2.24) is 10.6 Å². The zero-order valence-electron chi connectivity index (χ0n) is 19.6. The van der Waals surface area contributed by atoms with Crippen LogP contribution in [0.5, 0.6) is 0 Å². The number of methoxy groups -OCH3 is 1. The van der Waals surface area contributed by atoms with Crippen molar-refractivity contribution in [2.75, 3.05) is 7.11 Å². The number of esters is 1. The molecule has 2 amide bonds. The topological polar surface area (TPSA) is 111 Å². The summed E-state index contributed by atoms with van der Waals surface area (Å²) in [5.41, 5.74) is 8.09. The van der Waals surface area contributed by atoms with E-state index in [0.717, 1.165) is 11.1 Å². The molecule has 0 unspecified atom stereocenters. The second-order valence-electron chi connectivity index (χ2n) is 8.60. The second kappa shape index (κ2) is 13.4. The molecule has 0 aromatic heterocycles. The number of benzene rings is 2. The molecule has 0 aliphatic rings. The molecule has 2 rings (SSSR count). The Labute approximate surface area is 196 Å². The van der Waals surface area contributed by atoms with Crippen molar-refractivity contribution >= 4 is 17.8 Å². The normalized spacial score (nSPS) is 13.6. The highest BCUT2D eigenvalue weighted by Gasteiger charge is 2.29. The smallest absolute Gasteiger partial charge is 0.328 e. The van der Waals surface area contributed by atoms with Gasteiger partial charge in [-0.15, -0.1) is 0 Å². The fourth-order valence-electron chi connectivity index (χ4n) is 3.54. The SMILES string of the molecule is COC(=O)[C@H](Cc1ccccc1)NC(=O)[C@@H](CC(C)C)NC(=O)[C@H](N)CCc1ccccc1. The molecule has 0 spiro atoms. The van der Waals surface area contributed by atoms with Gasteiger partial charge in [-0.2, -0.15) is 0 Å². The number of nitrogens with two attached hydrogens (primary N) is 1. The van der Waals surface area contributed by atoms with Crippen LogP contribution in [0.1, 0.15) is 37.8 Å². The molecule has 2 aromatic rings. The van der Waals surface area contributed by atoms with E-state index in [0.29, 0.717) is 19.3 Å². The van der Waals surface area contributed by atoms with Crippen LogP contribution in [0.15, 0.2) is 60.7 Å². The summed E-state index contributed by atoms with van der Waals surface area (Å²) in [7, 11) is 1.28. The monoisotopic (exact) mass is 453 g/mol. The van der Waals surface area contributed by atoms with Gasteiger partial charge in [-0.25, -0.2) is 4.79 Å². The molecule has 7 nitrogen and oxygen atoms in total. The van der Waals surface area contributed by atoms with Crippen LogP contribution in [0, 0.1) is 5.92 Å². The number of hydrogen-bond acceptors (Lipinski definition) is 5. The second-order valence-corrected chi connectivity index (χ2v) is 8.60. The van der Waals surface area contributed by atoms with Crippen molar-refractivity contribution in [3.8, 4) is 0 Å². The van der Waals surface area contributed by atoms with Crippen LogP contribution in [0.4, 0.5) is 0 Å². The van der Waals surface area contributed by atoms with E-state index in [-0.39, 0.29) is 18.2 Å². The van der Waals surface area contributed by atoms with Crippen LogP contribution >= 0.6 is 0 Å². The molecule has 178 valence electrons. The summed E-state index contributed by atoms with van der Waals surface area (Å²) in [6.45, 7) is 3.92. The first kappa shape index (κ1) is 26.1. The fraction of sp³-hybridized carbons (Fsp3) is 0.423. The lowest BCUT2D eigenvalue weighted by Gasteiger charge is -2.24. The molecule has 0 aliphatic heterocycles. The first-order chi connectivity index (χ1) is 15.8. The van der Waals surface area contributed by atoms with Gasteiger partial charge < -0.3 is 21.1 Å². The first-order valence-electron chi connectivity index (χ1n) is 11.3. The number of amides is 2. The summed E-state index contributed by atoms with van der Waals surface area (Å²) in [6.07, 6.45) is 1.84. The Morgan fingerprint density at radius 3 is 1.94 bits per heavy atom. The third-order valence-electron chi connectivity index (χ3n) is 5.35. The third kappa shape index (κ3) is 9.06. The van der Waals surface area contributed by atoms with Crippen LogP contribution in [0.2, 0.25) is 0 Å². The van der Waals surface area contributed by atoms with Crippen LogP contribution in [0.25, 0.3) is 0 Å². The summed E-state index contributed by atoms with van der Waals surface area (Å²) >= 11 is 0. The molecule has 33 heavy (non-hydrogen) atoms. The summed E-state index contributed by atoms with van der Waals surface area (Å²) in [5, 5.41) is 5.54. The molecule has 3 atom stereocenters. The van der Waals surface area contributed by atoms with Crippen molar-refractivity contribution in [2.45, 2.75) is 57.7 Å². The Hall–Kier alpha value is -3.19. The third-order valence-corrected chi connectivity index (χ3v) is 5.35. The first-order valence-corrected chi connectivity index (χ1v) is 11.3. The average Bonchev–Trinajstić information content (AvgIpc) is 2.82. The maximum absolute atomic E-state index is 13.1. The number of carbonyl (C=O) groups excluding carboxylic acids is 3. The fourth-order valence-corrected chi connectivity index (χ4v) is 3.54. The largest absolute Gasteiger partial charge is 0.467 e. The van der Waals surface area contributed by atoms with Gasteiger partial charge in [-0.3, -0.25) is 9.59 Å². The maximum atomic E-state index is 13.1. The molecule has 0 saturated carbocycles. The Bertz CT molecular complexity index is 887. The van der Waals surface area contributed by atoms with Gasteiger partial charge in [-0.05, 0) is 36.3 Å². The Morgan fingerprint density at radius 2 is 1.39 bits per heavy atom. The summed E-state index contributed by atoms with van der Waals surface area (Å²) in [5.74, 6) is -1.21. The van der Waals surface area contributed by atoms with Gasteiger partial charge >= 0.3 is 5.97 Å². The maximum Gasteiger partial charge on any atom is 0.328 e. The van der Waals surface area contributed by atoms with E-state index in [1.807, 2.05) is 74.5 Å². The zero-order chi connectivity index (χ0) is 24.2. The van der Waals surface area contributed by atoms with E-state index in [2.05, 4.69) is 10.6 Å². The molecule has 0 radical (unpaired) electrons. The van der Waals surface area contributed by atoms with Crippen molar-refractivity contribution < 1.29 is 19.1 Å². The highest BCUT2D eigenvalue weighted by molar-refractivity contribution is 5.92. The molecule has 2 aromatic carbocycles. The van der Waals surface area contributed by atoms with Crippen LogP contribution in [-0.4, -0.2) is 43.0 Å². The van der Waals surface area contributed by atoms with E-state index in [4.69, 9.17) is 10.5 Å². The van der Waals surface area contributed by atoms with Crippen molar-refractivity contribution in [3.63, 3.8) is 0 Å². The predicted molar refractivity (Wildman–Crippen MR) is 128 cm³/mol. The number of nitrogens with one attached hydrogen (secondary N) is 2. The molecular weight excluding hydrogens is 418 g/mol. The quantitative estimate of drug-likeness (QED) is 0.428. The highest BCUT2D eigenvalue weighted by atomic mass is 16.5. The lowest BCUT2D eigenvalue weighted by molar-refractivity contribution is -0.145. The molecule has 0 heterocycles. The van der Waals surface area contributed by atoms with Gasteiger partial charge in [0.25, 0.3) is 0 Å². The minimum Gasteiger partial charge on any atom is -0.467 e. The van der Waals surface area contributed by atoms with Gasteiger partial charge in [0.2, 0.25) is 11.8 Å². The van der Waals surface area contributed by atoms with Crippen molar-refractivity contribution in [2.24, 2.45) is 11.7 Å². The van der Waals surface area contributed by atoms with Crippen molar-refractivity contribution in [1.29, 1.82) is 0 Å². The van der Waals surface area contributed by atoms with Gasteiger partial charge in [-0.1, -0.05) is 74.5 Å². The molecule has 0 aliphatic carbocycles. The van der Waals surface area contributed by atoms with E-state index >= 15 is 0 Å². The minimum atomic E-state index is -0.858. The standard InChI is InChI=1S/C26H35N3O4/c1-18(2)16-22(28-24(30)21(27)15-14-19-10-6-4-7-11-19)25(31)29-23(26(32)33-3)17-20-12-8-5-9-13-20/h4-13,18,21-23H,14-17,27H2,1-3H3,(H,28,30)(H,29,31)/t21-,22-,23+/m1/s1. The van der Waals surface area contributed by atoms with Gasteiger partial charge in [0.1, 0.15) is 12.1 Å². The Morgan fingerprint density at radius 1 is 0.848 bits per heavy atom. The molecular formula is C26H35N3O4. The predicted octanol–water partition coefficient (Wildman–Crippen LogP) is 2.38. The highest BCUT2D eigenvalue weighted by Crippen LogP contribution is 2.10. The number of hydrogen-bond donors (Lipinski definition) is 3. The van der Waals surface area contributed by atoms with E-state index in [9.17, 15) is 14.4 Å². The van der Waals surface area contributed by atoms with Crippen LogP contribution in [0.3, 0.4) is 0 Å². The molecule has 0 fully saturated rings. The summed E-state index contributed by atoms with van der Waals surface area (Å²) in [6, 6.07) is 16.7. The van der Waals surface area contributed by atoms with Crippen LogP contribution in [-0.2, 0) is 32.0 Å². The number of ether oxygens (including phenoxy) is 1. The van der Waals surface area contributed by atoms with E-state index in [1.54, 1.807) is 0 Å². The molecule has 0 saturated heterocycles. The van der Waals surface area contributed by atoms with E-state index in [1.165, 1.54) is 7.11 Å². The van der Waals surface area contributed by atoms with Gasteiger partial charge in [0.05, 0.1) is 13.2 Å². The van der Waals surface area contributed by atoms with Gasteiger partial charge in [0, 0.05) is 6.42 Å². The number of rotatable bonds is 12. The van der Waals surface area contributed by atoms with Gasteiger partial charge in [0.15, 0.2) is 0 Å². The number of aryl methyl sites for hydroxylation is 1. The zero-order valence-corrected chi connectivity index (χ0v) is 19.6. The lowest BCUT2D eigenvalue weighted by atomic mass is 10.00. The molecule has 7 heteroatoms. The summed E-state index contributed by atoms with van der Waals surface area (Å²) < 4.78 is 4.88. The molecule has 0 bridgehead atoms. The lowest BCUT2D eigenvalue weighted by Crippen LogP contribution is -2.55. The summed E-state index contributed by atoms with van der Waals surface area (Å²) in [4.78, 5) is 38.1. The van der Waals surface area contributed by atoms with Crippen LogP contribution < -0.4 is 16.4 Å². The minimum absolute atomic E-state index is 0.146. The van der Waals surface area contributed by atoms with Crippen molar-refractivity contribution in [3.05, 3.63) is 71.8 Å². The number of carbonyl (C=O) groups is 3. The Balaban J connectivity index is 2.02. The Kier molecular flexibility index (Phi) is 10.6.